The van der Waals surface area contributed by atoms with Gasteiger partial charge in [-0.05, 0) is 36.2 Å². The molecular formula is C16H31BrO2. The monoisotopic (exact) mass is 334 g/mol. The maximum atomic E-state index is 11.4. The topological polar surface area (TPSA) is 26.3 Å². The van der Waals surface area contributed by atoms with Crippen LogP contribution in [0.2, 0.25) is 0 Å². The maximum Gasteiger partial charge on any atom is 0.307 e. The molecule has 0 radical (unpaired) electrons. The minimum atomic E-state index is -0.525. The van der Waals surface area contributed by atoms with Gasteiger partial charge in [0.05, 0.1) is 0 Å². The van der Waals surface area contributed by atoms with Crippen molar-refractivity contribution >= 4 is 21.9 Å². The highest BCUT2D eigenvalue weighted by molar-refractivity contribution is 9.10. The third kappa shape index (κ3) is 15.9. The molecule has 3 heteroatoms. The van der Waals surface area contributed by atoms with Gasteiger partial charge in [0.2, 0.25) is 0 Å². The predicted octanol–water partition coefficient (Wildman–Crippen LogP) is 5.97. The fraction of sp³-hybridized carbons (Fsp3) is 0.938. The van der Waals surface area contributed by atoms with Crippen molar-refractivity contribution in [3.8, 4) is 0 Å². The molecule has 0 heterocycles. The number of halogens is 1. The van der Waals surface area contributed by atoms with Gasteiger partial charge in [0.25, 0.3) is 0 Å². The molecule has 0 aromatic heterocycles. The summed E-state index contributed by atoms with van der Waals surface area (Å²) in [6.45, 7) is 5.93. The maximum absolute atomic E-state index is 11.4. The van der Waals surface area contributed by atoms with Gasteiger partial charge in [0.15, 0.2) is 4.51 Å². The lowest BCUT2D eigenvalue weighted by molar-refractivity contribution is -0.149. The van der Waals surface area contributed by atoms with Crippen LogP contribution in [0.15, 0.2) is 0 Å². The Kier molecular flexibility index (Phi) is 11.7. The van der Waals surface area contributed by atoms with Gasteiger partial charge < -0.3 is 4.74 Å². The van der Waals surface area contributed by atoms with Crippen LogP contribution in [0.4, 0.5) is 0 Å². The molecule has 2 nitrogen and oxygen atoms in total. The number of hydrogen-bond donors (Lipinski definition) is 0. The summed E-state index contributed by atoms with van der Waals surface area (Å²) in [6, 6.07) is 0. The molecule has 0 spiro atoms. The first-order valence-electron chi connectivity index (χ1n) is 7.86. The number of alkyl halides is 1. The first-order valence-corrected chi connectivity index (χ1v) is 8.66. The van der Waals surface area contributed by atoms with Gasteiger partial charge in [-0.1, -0.05) is 64.7 Å². The summed E-state index contributed by atoms with van der Waals surface area (Å²) in [5, 5.41) is 0. The van der Waals surface area contributed by atoms with E-state index in [1.54, 1.807) is 0 Å². The molecule has 0 saturated carbocycles. The minimum Gasteiger partial charge on any atom is -0.448 e. The van der Waals surface area contributed by atoms with Crippen LogP contribution in [0.1, 0.15) is 91.4 Å². The summed E-state index contributed by atoms with van der Waals surface area (Å²) >= 11 is 3.31. The Labute approximate surface area is 127 Å². The van der Waals surface area contributed by atoms with E-state index in [1.807, 2.05) is 13.8 Å². The van der Waals surface area contributed by atoms with Crippen LogP contribution >= 0.6 is 15.9 Å². The highest BCUT2D eigenvalue weighted by Gasteiger charge is 2.17. The summed E-state index contributed by atoms with van der Waals surface area (Å²) in [4.78, 5) is 11.4. The molecule has 0 amide bonds. The van der Waals surface area contributed by atoms with Gasteiger partial charge in [0.1, 0.15) is 0 Å². The smallest absolute Gasteiger partial charge is 0.307 e. The Bertz CT molecular complexity index is 221. The predicted molar refractivity (Wildman–Crippen MR) is 85.6 cm³/mol. The second kappa shape index (κ2) is 11.7. The first kappa shape index (κ1) is 18.9. The van der Waals surface area contributed by atoms with E-state index in [2.05, 4.69) is 22.9 Å². The average Bonchev–Trinajstić information content (AvgIpc) is 2.29. The van der Waals surface area contributed by atoms with Crippen LogP contribution in [0.5, 0.6) is 0 Å². The number of esters is 1. The lowest BCUT2D eigenvalue weighted by Crippen LogP contribution is -2.20. The molecule has 0 atom stereocenters. The van der Waals surface area contributed by atoms with E-state index in [9.17, 15) is 4.79 Å². The van der Waals surface area contributed by atoms with Crippen LogP contribution in [-0.4, -0.2) is 10.5 Å². The zero-order chi connectivity index (χ0) is 14.6. The van der Waals surface area contributed by atoms with E-state index in [0.29, 0.717) is 6.42 Å². The van der Waals surface area contributed by atoms with Crippen LogP contribution in [0.25, 0.3) is 0 Å². The summed E-state index contributed by atoms with van der Waals surface area (Å²) in [5.41, 5.74) is 0. The molecule has 0 aliphatic carbocycles. The number of hydrogen-bond acceptors (Lipinski definition) is 2. The van der Waals surface area contributed by atoms with Crippen LogP contribution in [0, 0.1) is 0 Å². The Morgan fingerprint density at radius 2 is 1.32 bits per heavy atom. The van der Waals surface area contributed by atoms with Gasteiger partial charge in [-0.25, -0.2) is 0 Å². The molecule has 0 aromatic rings. The van der Waals surface area contributed by atoms with E-state index < -0.39 is 4.51 Å². The Morgan fingerprint density at radius 1 is 0.895 bits per heavy atom. The fourth-order valence-corrected chi connectivity index (χ4v) is 2.26. The number of rotatable bonds is 12. The van der Waals surface area contributed by atoms with E-state index in [4.69, 9.17) is 4.74 Å². The second-order valence-electron chi connectivity index (χ2n) is 5.77. The highest BCUT2D eigenvalue weighted by atomic mass is 79.9. The lowest BCUT2D eigenvalue weighted by atomic mass is 10.1. The Hall–Kier alpha value is -0.0500. The zero-order valence-corrected chi connectivity index (χ0v) is 14.6. The summed E-state index contributed by atoms with van der Waals surface area (Å²) in [5.74, 6) is -0.0959. The van der Waals surface area contributed by atoms with Crippen molar-refractivity contribution in [2.45, 2.75) is 95.9 Å². The third-order valence-corrected chi connectivity index (χ3v) is 3.25. The van der Waals surface area contributed by atoms with Crippen molar-refractivity contribution in [3.05, 3.63) is 0 Å². The average molecular weight is 335 g/mol. The lowest BCUT2D eigenvalue weighted by Gasteiger charge is -2.17. The van der Waals surface area contributed by atoms with E-state index >= 15 is 0 Å². The van der Waals surface area contributed by atoms with E-state index in [1.165, 1.54) is 51.4 Å². The van der Waals surface area contributed by atoms with Crippen molar-refractivity contribution < 1.29 is 9.53 Å². The number of carbonyl (C=O) groups excluding carboxylic acids is 1. The summed E-state index contributed by atoms with van der Waals surface area (Å²) in [7, 11) is 0. The third-order valence-electron chi connectivity index (χ3n) is 3.09. The van der Waals surface area contributed by atoms with Crippen molar-refractivity contribution in [1.82, 2.24) is 0 Å². The zero-order valence-electron chi connectivity index (χ0n) is 13.0. The standard InChI is InChI=1S/C16H31BrO2/c1-4-5-6-7-8-9-10-11-12-13-14-15(18)19-16(2,3)17/h4-14H2,1-3H3. The van der Waals surface area contributed by atoms with Gasteiger partial charge in [-0.3, -0.25) is 4.79 Å². The molecule has 114 valence electrons. The van der Waals surface area contributed by atoms with E-state index in [0.717, 1.165) is 12.8 Å². The van der Waals surface area contributed by atoms with Gasteiger partial charge in [0, 0.05) is 6.42 Å². The summed E-state index contributed by atoms with van der Waals surface area (Å²) < 4.78 is 4.67. The van der Waals surface area contributed by atoms with Crippen LogP contribution in [-0.2, 0) is 9.53 Å². The van der Waals surface area contributed by atoms with Crippen molar-refractivity contribution in [1.29, 1.82) is 0 Å². The Balaban J connectivity index is 3.21. The second-order valence-corrected chi connectivity index (χ2v) is 7.68. The van der Waals surface area contributed by atoms with Crippen molar-refractivity contribution in [2.24, 2.45) is 0 Å². The Morgan fingerprint density at radius 3 is 1.74 bits per heavy atom. The molecule has 0 aromatic carbocycles. The SMILES string of the molecule is CCCCCCCCCCCCC(=O)OC(C)(C)Br. The molecule has 0 bridgehead atoms. The minimum absolute atomic E-state index is 0.0959. The summed E-state index contributed by atoms with van der Waals surface area (Å²) in [6.07, 6.45) is 13.4. The number of ether oxygens (including phenoxy) is 1. The molecule has 0 aliphatic rings. The fourth-order valence-electron chi connectivity index (χ4n) is 2.08. The number of unbranched alkanes of at least 4 members (excludes halogenated alkanes) is 9. The highest BCUT2D eigenvalue weighted by Crippen LogP contribution is 2.19. The van der Waals surface area contributed by atoms with Gasteiger partial charge >= 0.3 is 5.97 Å². The van der Waals surface area contributed by atoms with Crippen molar-refractivity contribution in [3.63, 3.8) is 0 Å². The van der Waals surface area contributed by atoms with Crippen LogP contribution < -0.4 is 0 Å². The molecule has 0 fully saturated rings. The quantitative estimate of drug-likeness (QED) is 0.249. The molecule has 0 N–H and O–H groups in total. The molecular weight excluding hydrogens is 304 g/mol. The molecule has 0 saturated heterocycles. The molecule has 19 heavy (non-hydrogen) atoms. The largest absolute Gasteiger partial charge is 0.448 e. The normalized spacial score (nSPS) is 11.6. The van der Waals surface area contributed by atoms with Gasteiger partial charge in [-0.2, -0.15) is 0 Å². The first-order chi connectivity index (χ1) is 8.95. The molecule has 0 rings (SSSR count). The number of carbonyl (C=O) groups is 1. The van der Waals surface area contributed by atoms with Gasteiger partial charge in [-0.15, -0.1) is 0 Å². The molecule has 0 aliphatic heterocycles. The molecule has 0 unspecified atom stereocenters. The van der Waals surface area contributed by atoms with Crippen LogP contribution in [0.3, 0.4) is 0 Å². The van der Waals surface area contributed by atoms with E-state index in [-0.39, 0.29) is 5.97 Å². The van der Waals surface area contributed by atoms with Crippen molar-refractivity contribution in [2.75, 3.05) is 0 Å².